The van der Waals surface area contributed by atoms with E-state index in [9.17, 15) is 9.59 Å². The van der Waals surface area contributed by atoms with Crippen molar-refractivity contribution in [3.8, 4) is 11.3 Å². The Morgan fingerprint density at radius 2 is 1.91 bits per heavy atom. The minimum Gasteiger partial charge on any atom is -0.462 e. The second-order valence-electron chi connectivity index (χ2n) is 8.34. The summed E-state index contributed by atoms with van der Waals surface area (Å²) >= 11 is 14.1. The molecular formula is C27H22Cl2N2O3S. The molecule has 35 heavy (non-hydrogen) atoms. The number of carbonyl (C=O) groups is 2. The molecule has 8 heteroatoms. The number of para-hydroxylation sites is 1. The molecule has 1 aliphatic carbocycles. The van der Waals surface area contributed by atoms with Crippen molar-refractivity contribution in [1.82, 2.24) is 4.98 Å². The second kappa shape index (κ2) is 9.61. The van der Waals surface area contributed by atoms with E-state index in [2.05, 4.69) is 5.32 Å². The van der Waals surface area contributed by atoms with Gasteiger partial charge in [0.05, 0.1) is 34.0 Å². The molecule has 0 saturated carbocycles. The first-order valence-corrected chi connectivity index (χ1v) is 12.9. The van der Waals surface area contributed by atoms with Gasteiger partial charge in [-0.1, -0.05) is 41.4 Å². The van der Waals surface area contributed by atoms with Crippen LogP contribution in [0, 0.1) is 6.92 Å². The zero-order valence-electron chi connectivity index (χ0n) is 19.2. The van der Waals surface area contributed by atoms with E-state index in [-0.39, 0.29) is 12.5 Å². The second-order valence-corrected chi connectivity index (χ2v) is 10.3. The number of amides is 1. The van der Waals surface area contributed by atoms with Crippen molar-refractivity contribution >= 4 is 62.3 Å². The van der Waals surface area contributed by atoms with Crippen molar-refractivity contribution < 1.29 is 14.3 Å². The predicted octanol–water partition coefficient (Wildman–Crippen LogP) is 7.50. The molecule has 0 radical (unpaired) electrons. The van der Waals surface area contributed by atoms with Gasteiger partial charge in [0, 0.05) is 20.8 Å². The number of carbonyl (C=O) groups excluding carboxylic acids is 2. The molecule has 5 rings (SSSR count). The summed E-state index contributed by atoms with van der Waals surface area (Å²) in [7, 11) is 0. The van der Waals surface area contributed by atoms with Crippen LogP contribution in [0.3, 0.4) is 0 Å². The zero-order valence-corrected chi connectivity index (χ0v) is 21.5. The molecule has 178 valence electrons. The fraction of sp³-hybridized carbons (Fsp3) is 0.222. The number of esters is 1. The lowest BCUT2D eigenvalue weighted by Gasteiger charge is -2.16. The average Bonchev–Trinajstić information content (AvgIpc) is 3.40. The van der Waals surface area contributed by atoms with Crippen LogP contribution in [0.4, 0.5) is 5.00 Å². The van der Waals surface area contributed by atoms with Gasteiger partial charge in [0.15, 0.2) is 0 Å². The topological polar surface area (TPSA) is 68.3 Å². The fourth-order valence-corrected chi connectivity index (χ4v) is 6.39. The Balaban J connectivity index is 1.63. The van der Waals surface area contributed by atoms with Gasteiger partial charge in [-0.2, -0.15) is 0 Å². The Labute approximate surface area is 217 Å². The van der Waals surface area contributed by atoms with Crippen LogP contribution in [0.15, 0.2) is 42.5 Å². The zero-order chi connectivity index (χ0) is 24.7. The van der Waals surface area contributed by atoms with E-state index in [0.29, 0.717) is 48.5 Å². The Kier molecular flexibility index (Phi) is 6.53. The van der Waals surface area contributed by atoms with E-state index in [1.807, 2.05) is 31.2 Å². The summed E-state index contributed by atoms with van der Waals surface area (Å²) in [5.41, 5.74) is 4.62. The number of thiophene rings is 1. The minimum absolute atomic E-state index is 0.274. The Morgan fingerprint density at radius 3 is 2.69 bits per heavy atom. The number of benzene rings is 2. The Bertz CT molecular complexity index is 1500. The summed E-state index contributed by atoms with van der Waals surface area (Å²) < 4.78 is 5.31. The summed E-state index contributed by atoms with van der Waals surface area (Å²) in [6.45, 7) is 3.91. The van der Waals surface area contributed by atoms with Gasteiger partial charge in [-0.15, -0.1) is 11.3 Å². The number of nitrogens with zero attached hydrogens (tertiary/aromatic N) is 1. The molecular weight excluding hydrogens is 503 g/mol. The smallest absolute Gasteiger partial charge is 0.341 e. The van der Waals surface area contributed by atoms with E-state index >= 15 is 0 Å². The number of ether oxygens (including phenoxy) is 1. The number of aromatic nitrogens is 1. The molecule has 4 aromatic rings. The summed E-state index contributed by atoms with van der Waals surface area (Å²) in [5, 5.41) is 5.25. The molecule has 0 saturated heterocycles. The number of fused-ring (bicyclic) bond motifs is 2. The highest BCUT2D eigenvalue weighted by atomic mass is 35.5. The van der Waals surface area contributed by atoms with Crippen LogP contribution in [0.25, 0.3) is 22.2 Å². The summed E-state index contributed by atoms with van der Waals surface area (Å²) in [4.78, 5) is 32.5. The third-order valence-electron chi connectivity index (χ3n) is 6.18. The molecule has 0 fully saturated rings. The average molecular weight is 525 g/mol. The molecule has 0 atom stereocenters. The molecule has 0 aliphatic heterocycles. The lowest BCUT2D eigenvalue weighted by atomic mass is 9.97. The van der Waals surface area contributed by atoms with Crippen LogP contribution in [0.1, 0.15) is 50.1 Å². The first-order valence-electron chi connectivity index (χ1n) is 11.4. The van der Waals surface area contributed by atoms with Crippen molar-refractivity contribution in [2.24, 2.45) is 0 Å². The van der Waals surface area contributed by atoms with Crippen LogP contribution < -0.4 is 5.32 Å². The molecule has 2 heterocycles. The molecule has 2 aromatic carbocycles. The predicted molar refractivity (Wildman–Crippen MR) is 142 cm³/mol. The maximum absolute atomic E-state index is 13.8. The van der Waals surface area contributed by atoms with Gasteiger partial charge in [-0.3, -0.25) is 4.79 Å². The number of rotatable bonds is 5. The van der Waals surface area contributed by atoms with Crippen LogP contribution in [-0.4, -0.2) is 23.5 Å². The van der Waals surface area contributed by atoms with Crippen molar-refractivity contribution in [2.75, 3.05) is 11.9 Å². The number of halogens is 2. The Morgan fingerprint density at radius 1 is 1.11 bits per heavy atom. The highest BCUT2D eigenvalue weighted by molar-refractivity contribution is 7.17. The highest BCUT2D eigenvalue weighted by Crippen LogP contribution is 2.41. The SMILES string of the molecule is CCOC(=O)c1c(NC(=O)c2c(C)c(-c3ccc(Cl)cc3Cl)nc3ccccc23)sc2c1CCC2. The first-order chi connectivity index (χ1) is 16.9. The van der Waals surface area contributed by atoms with Crippen molar-refractivity contribution in [3.05, 3.63) is 79.6 Å². The molecule has 1 aliphatic rings. The number of nitrogens with one attached hydrogen (secondary N) is 1. The largest absolute Gasteiger partial charge is 0.462 e. The summed E-state index contributed by atoms with van der Waals surface area (Å²) in [6, 6.07) is 12.7. The molecule has 1 amide bonds. The van der Waals surface area contributed by atoms with Gasteiger partial charge in [-0.05, 0) is 68.5 Å². The molecule has 0 bridgehead atoms. The number of hydrogen-bond acceptors (Lipinski definition) is 5. The van der Waals surface area contributed by atoms with Crippen molar-refractivity contribution in [2.45, 2.75) is 33.1 Å². The van der Waals surface area contributed by atoms with Crippen molar-refractivity contribution in [3.63, 3.8) is 0 Å². The normalized spacial score (nSPS) is 12.6. The van der Waals surface area contributed by atoms with E-state index < -0.39 is 5.97 Å². The van der Waals surface area contributed by atoms with Crippen LogP contribution >= 0.6 is 34.5 Å². The van der Waals surface area contributed by atoms with Gasteiger partial charge in [0.25, 0.3) is 5.91 Å². The quantitative estimate of drug-likeness (QED) is 0.274. The first kappa shape index (κ1) is 23.8. The number of pyridine rings is 1. The van der Waals surface area contributed by atoms with Crippen LogP contribution in [-0.2, 0) is 17.6 Å². The molecule has 0 unspecified atom stereocenters. The van der Waals surface area contributed by atoms with Gasteiger partial charge in [0.2, 0.25) is 0 Å². The third-order valence-corrected chi connectivity index (χ3v) is 7.93. The van der Waals surface area contributed by atoms with E-state index in [1.54, 1.807) is 25.1 Å². The lowest BCUT2D eigenvalue weighted by molar-refractivity contribution is 0.0527. The van der Waals surface area contributed by atoms with Crippen molar-refractivity contribution in [1.29, 1.82) is 0 Å². The molecule has 0 spiro atoms. The summed E-state index contributed by atoms with van der Waals surface area (Å²) in [5.74, 6) is -0.704. The molecule has 1 N–H and O–H groups in total. The van der Waals surface area contributed by atoms with Gasteiger partial charge >= 0.3 is 5.97 Å². The van der Waals surface area contributed by atoms with E-state index in [1.165, 1.54) is 11.3 Å². The van der Waals surface area contributed by atoms with Crippen LogP contribution in [0.2, 0.25) is 10.0 Å². The highest BCUT2D eigenvalue weighted by Gasteiger charge is 2.29. The van der Waals surface area contributed by atoms with E-state index in [4.69, 9.17) is 32.9 Å². The molecule has 2 aromatic heterocycles. The number of anilines is 1. The Hall–Kier alpha value is -2.93. The standard InChI is InChI=1S/C27H22Cl2N2O3S/c1-3-34-27(33)23-18-8-6-10-21(18)35-26(23)31-25(32)22-14(2)24(16-12-11-15(28)13-19(16)29)30-20-9-5-4-7-17(20)22/h4-5,7,9,11-13H,3,6,8,10H2,1-2H3,(H,31,32). The summed E-state index contributed by atoms with van der Waals surface area (Å²) in [6.07, 6.45) is 2.71. The molecule has 5 nitrogen and oxygen atoms in total. The number of aryl methyl sites for hydroxylation is 1. The van der Waals surface area contributed by atoms with Gasteiger partial charge in [0.1, 0.15) is 5.00 Å². The fourth-order valence-electron chi connectivity index (χ4n) is 4.62. The van der Waals surface area contributed by atoms with Gasteiger partial charge < -0.3 is 10.1 Å². The van der Waals surface area contributed by atoms with E-state index in [0.717, 1.165) is 35.1 Å². The lowest BCUT2D eigenvalue weighted by Crippen LogP contribution is -2.17. The minimum atomic E-state index is -0.396. The monoisotopic (exact) mass is 524 g/mol. The maximum Gasteiger partial charge on any atom is 0.341 e. The maximum atomic E-state index is 13.8. The van der Waals surface area contributed by atoms with Gasteiger partial charge in [-0.25, -0.2) is 9.78 Å². The third kappa shape index (κ3) is 4.31. The number of hydrogen-bond donors (Lipinski definition) is 1. The van der Waals surface area contributed by atoms with Crippen LogP contribution in [0.5, 0.6) is 0 Å².